The van der Waals surface area contributed by atoms with Gasteiger partial charge in [0.2, 0.25) is 5.91 Å². The van der Waals surface area contributed by atoms with Crippen LogP contribution in [-0.2, 0) is 49.5 Å². The molecule has 6 aromatic rings. The Bertz CT molecular complexity index is 2640. The first-order valence-electron chi connectivity index (χ1n) is 21.3. The fourth-order valence-corrected chi connectivity index (χ4v) is 9.26. The zero-order valence-corrected chi connectivity index (χ0v) is 36.9. The molecule has 0 aromatic heterocycles. The predicted octanol–water partition coefficient (Wildman–Crippen LogP) is 8.48. The van der Waals surface area contributed by atoms with Gasteiger partial charge < -0.3 is 29.0 Å². The van der Waals surface area contributed by atoms with Crippen molar-refractivity contribution in [3.63, 3.8) is 0 Å². The van der Waals surface area contributed by atoms with E-state index in [0.717, 1.165) is 34.2 Å². The number of carbonyl (C=O) groups excluding carboxylic acids is 5. The van der Waals surface area contributed by atoms with Gasteiger partial charge in [0.1, 0.15) is 41.8 Å². The number of hydrogen-bond acceptors (Lipinski definition) is 11. The van der Waals surface area contributed by atoms with E-state index < -0.39 is 71.8 Å². The summed E-state index contributed by atoms with van der Waals surface area (Å²) in [5, 5.41) is 1.03. The van der Waals surface area contributed by atoms with Crippen molar-refractivity contribution in [2.24, 2.45) is 0 Å². The van der Waals surface area contributed by atoms with E-state index in [0.29, 0.717) is 28.9 Å². The fourth-order valence-electron chi connectivity index (χ4n) is 7.74. The number of hydrogen-bond donors (Lipinski definition) is 1. The minimum Gasteiger partial charge on any atom is -0.489 e. The molecule has 2 amide bonds. The highest BCUT2D eigenvalue weighted by Crippen LogP contribution is 2.45. The Morgan fingerprint density at radius 1 is 0.636 bits per heavy atom. The van der Waals surface area contributed by atoms with E-state index in [9.17, 15) is 24.0 Å². The van der Waals surface area contributed by atoms with Crippen molar-refractivity contribution in [1.29, 1.82) is 0 Å². The highest BCUT2D eigenvalue weighted by molar-refractivity contribution is 8.00. The van der Waals surface area contributed by atoms with Gasteiger partial charge in [-0.05, 0) is 51.1 Å². The number of methoxy groups -OCH3 is 1. The third-order valence-electron chi connectivity index (χ3n) is 11.0. The lowest BCUT2D eigenvalue weighted by atomic mass is 9.98. The number of benzene rings is 6. The van der Waals surface area contributed by atoms with Gasteiger partial charge in [-0.2, -0.15) is 0 Å². The van der Waals surface area contributed by atoms with Crippen LogP contribution in [0.5, 0.6) is 5.75 Å². The van der Waals surface area contributed by atoms with Gasteiger partial charge in [0.05, 0.1) is 0 Å². The van der Waals surface area contributed by atoms with Gasteiger partial charge in [-0.15, -0.1) is 11.8 Å². The van der Waals surface area contributed by atoms with Crippen LogP contribution >= 0.6 is 11.8 Å². The summed E-state index contributed by atoms with van der Waals surface area (Å²) < 4.78 is 29.1. The van der Waals surface area contributed by atoms with Crippen LogP contribution in [0.1, 0.15) is 53.4 Å². The Morgan fingerprint density at radius 2 is 1.14 bits per heavy atom. The van der Waals surface area contributed by atoms with E-state index in [2.05, 4.69) is 5.32 Å². The molecule has 2 heterocycles. The maximum atomic E-state index is 14.5. The third-order valence-corrected chi connectivity index (χ3v) is 12.4. The van der Waals surface area contributed by atoms with Crippen LogP contribution in [0, 0.1) is 0 Å². The zero-order chi connectivity index (χ0) is 46.0. The summed E-state index contributed by atoms with van der Waals surface area (Å²) in [5.74, 6) is -2.85. The minimum atomic E-state index is -1.05. The van der Waals surface area contributed by atoms with E-state index in [4.69, 9.17) is 23.7 Å². The number of carbonyl (C=O) groups is 5. The van der Waals surface area contributed by atoms with Crippen LogP contribution in [0.2, 0.25) is 0 Å². The van der Waals surface area contributed by atoms with Crippen molar-refractivity contribution < 1.29 is 47.7 Å². The molecular formula is C53H46N2O10S. The molecule has 2 unspecified atom stereocenters. The van der Waals surface area contributed by atoms with E-state index in [1.807, 2.05) is 170 Å². The molecule has 6 aromatic carbocycles. The summed E-state index contributed by atoms with van der Waals surface area (Å²) in [5.41, 5.74) is 5.62. The lowest BCUT2D eigenvalue weighted by molar-refractivity contribution is -0.164. The Hall–Kier alpha value is -7.48. The average Bonchev–Trinajstić information content (AvgIpc) is 3.35. The first kappa shape index (κ1) is 45.1. The molecule has 0 spiro atoms. The first-order valence-corrected chi connectivity index (χ1v) is 22.2. The molecule has 1 N–H and O–H groups in total. The number of esters is 3. The summed E-state index contributed by atoms with van der Waals surface area (Å²) in [6.45, 7) is 1.20. The molecule has 2 aliphatic heterocycles. The van der Waals surface area contributed by atoms with Crippen molar-refractivity contribution >= 4 is 41.5 Å². The van der Waals surface area contributed by atoms with E-state index in [1.165, 1.54) is 18.9 Å². The minimum absolute atomic E-state index is 0.0949. The topological polar surface area (TPSA) is 147 Å². The maximum absolute atomic E-state index is 14.5. The number of thioether (sulfide) groups is 1. The van der Waals surface area contributed by atoms with Crippen LogP contribution in [0.4, 0.5) is 0 Å². The fraction of sp³-hybridized carbons (Fsp3) is 0.189. The molecule has 0 aliphatic carbocycles. The molecule has 2 aliphatic rings. The van der Waals surface area contributed by atoms with E-state index in [-0.39, 0.29) is 11.3 Å². The Labute approximate surface area is 386 Å². The summed E-state index contributed by atoms with van der Waals surface area (Å²) >= 11 is 1.11. The van der Waals surface area contributed by atoms with Crippen molar-refractivity contribution in [1.82, 2.24) is 10.2 Å². The summed E-state index contributed by atoms with van der Waals surface area (Å²) in [6, 6.07) is 52.8. The highest BCUT2D eigenvalue weighted by Gasteiger charge is 2.57. The van der Waals surface area contributed by atoms with Crippen LogP contribution in [0.3, 0.4) is 0 Å². The largest absolute Gasteiger partial charge is 0.489 e. The van der Waals surface area contributed by atoms with Crippen LogP contribution in [-0.4, -0.2) is 65.2 Å². The molecular weight excluding hydrogens is 857 g/mol. The molecule has 8 rings (SSSR count). The number of rotatable bonds is 17. The van der Waals surface area contributed by atoms with Gasteiger partial charge >= 0.3 is 17.9 Å². The van der Waals surface area contributed by atoms with Gasteiger partial charge in [-0.3, -0.25) is 24.1 Å². The SMILES string of the molecule is CO[C@@H]1C(=O)N2C(C(=O)OC(c3ccccc3)c3ccccc3)=C(COC(C)=O)C(NC(=O)CC(=O)OC(c3ccccc3)c3ccc(-c4ccc(OCc5ccccc5)cc4)cc3)S[C@H]12. The smallest absolute Gasteiger partial charge is 0.356 e. The molecule has 1 saturated heterocycles. The van der Waals surface area contributed by atoms with Gasteiger partial charge in [0.25, 0.3) is 5.91 Å². The maximum Gasteiger partial charge on any atom is 0.356 e. The van der Waals surface area contributed by atoms with Gasteiger partial charge in [-0.25, -0.2) is 4.79 Å². The molecule has 0 bridgehead atoms. The number of nitrogens with zero attached hydrogens (tertiary/aromatic N) is 1. The van der Waals surface area contributed by atoms with Crippen molar-refractivity contribution in [3.8, 4) is 16.9 Å². The Morgan fingerprint density at radius 3 is 1.67 bits per heavy atom. The zero-order valence-electron chi connectivity index (χ0n) is 36.1. The van der Waals surface area contributed by atoms with Crippen LogP contribution in [0.25, 0.3) is 11.1 Å². The lowest BCUT2D eigenvalue weighted by Crippen LogP contribution is -2.67. The highest BCUT2D eigenvalue weighted by atomic mass is 32.2. The van der Waals surface area contributed by atoms with E-state index in [1.54, 1.807) is 0 Å². The average molecular weight is 903 g/mol. The molecule has 0 radical (unpaired) electrons. The Kier molecular flexibility index (Phi) is 14.4. The van der Waals surface area contributed by atoms with Crippen molar-refractivity contribution in [2.75, 3.05) is 13.7 Å². The second kappa shape index (κ2) is 21.0. The van der Waals surface area contributed by atoms with E-state index >= 15 is 0 Å². The lowest BCUT2D eigenvalue weighted by Gasteiger charge is -2.50. The number of amides is 2. The summed E-state index contributed by atoms with van der Waals surface area (Å²) in [7, 11) is 1.37. The molecule has 66 heavy (non-hydrogen) atoms. The summed E-state index contributed by atoms with van der Waals surface area (Å²) in [4.78, 5) is 69.0. The summed E-state index contributed by atoms with van der Waals surface area (Å²) in [6.07, 6.45) is -3.37. The molecule has 12 nitrogen and oxygen atoms in total. The predicted molar refractivity (Wildman–Crippen MR) is 247 cm³/mol. The molecule has 0 saturated carbocycles. The quantitative estimate of drug-likeness (QED) is 0.0407. The number of ether oxygens (including phenoxy) is 5. The number of β-lactam (4-membered cyclic amide) rings is 1. The van der Waals surface area contributed by atoms with Crippen molar-refractivity contribution in [2.45, 2.75) is 49.0 Å². The molecule has 1 fully saturated rings. The number of fused-ring (bicyclic) bond motifs is 1. The molecule has 334 valence electrons. The second-order valence-corrected chi connectivity index (χ2v) is 16.7. The molecule has 13 heteroatoms. The second-order valence-electron chi connectivity index (χ2n) is 15.5. The monoisotopic (exact) mass is 902 g/mol. The molecule has 4 atom stereocenters. The van der Waals surface area contributed by atoms with Crippen molar-refractivity contribution in [3.05, 3.63) is 209 Å². The van der Waals surface area contributed by atoms with Gasteiger partial charge in [0.15, 0.2) is 18.3 Å². The van der Waals surface area contributed by atoms with Gasteiger partial charge in [0, 0.05) is 19.6 Å². The van der Waals surface area contributed by atoms with Gasteiger partial charge in [-0.1, -0.05) is 158 Å². The Balaban J connectivity index is 1.000. The first-order chi connectivity index (χ1) is 32.2. The van der Waals surface area contributed by atoms with Crippen LogP contribution in [0.15, 0.2) is 181 Å². The number of nitrogens with one attached hydrogen (secondary N) is 1. The third kappa shape index (κ3) is 10.5. The standard InChI is InChI=1S/C53H46N2O10S/c1-34(56)62-33-43-46(53(60)65-48(39-19-11-5-12-20-39)40-21-13-6-14-22-40)55-51(59)49(61-2)52(55)66-50(43)54-44(57)31-45(58)64-47(38-17-9-4-10-18-38)41-25-23-36(24-26-41)37-27-29-42(30-28-37)63-32-35-15-7-3-8-16-35/h3-30,47-50,52H,31-33H2,1-2H3,(H,54,57)/t47?,49-,50?,52-/m1/s1. The van der Waals surface area contributed by atoms with Crippen LogP contribution < -0.4 is 10.1 Å². The normalized spacial score (nSPS) is 16.9.